The van der Waals surface area contributed by atoms with Gasteiger partial charge in [0.25, 0.3) is 0 Å². The van der Waals surface area contributed by atoms with E-state index in [2.05, 4.69) is 44.0 Å². The molecule has 0 saturated carbocycles. The van der Waals surface area contributed by atoms with Gasteiger partial charge in [-0.15, -0.1) is 29.9 Å². The third-order valence-electron chi connectivity index (χ3n) is 5.78. The van der Waals surface area contributed by atoms with Crippen LogP contribution in [-0.2, 0) is 9.47 Å². The van der Waals surface area contributed by atoms with Gasteiger partial charge in [-0.25, -0.2) is 0 Å². The Balaban J connectivity index is 0.000000341. The van der Waals surface area contributed by atoms with Gasteiger partial charge in [0.15, 0.2) is 0 Å². The van der Waals surface area contributed by atoms with E-state index >= 15 is 0 Å². The molecule has 2 saturated heterocycles. The van der Waals surface area contributed by atoms with Gasteiger partial charge >= 0.3 is 35.9 Å². The van der Waals surface area contributed by atoms with Crippen molar-refractivity contribution in [1.29, 1.82) is 0 Å². The molecule has 0 spiro atoms. The van der Waals surface area contributed by atoms with Crippen LogP contribution < -0.4 is 52.7 Å². The molecule has 0 aromatic carbocycles. The number of halogens is 2. The van der Waals surface area contributed by atoms with Crippen molar-refractivity contribution in [2.24, 2.45) is 0 Å². The van der Waals surface area contributed by atoms with Crippen LogP contribution in [0.5, 0.6) is 24.0 Å². The molecule has 2 aromatic heterocycles. The first-order valence-electron chi connectivity index (χ1n) is 10.9. The lowest BCUT2D eigenvalue weighted by atomic mass is 10.4. The molecule has 2 fully saturated rings. The molecule has 0 N–H and O–H groups in total. The molecule has 204 valence electrons. The zero-order chi connectivity index (χ0) is 24.6. The number of aromatic nitrogens is 6. The first-order valence-corrected chi connectivity index (χ1v) is 10.9. The quantitative estimate of drug-likeness (QED) is 0.315. The van der Waals surface area contributed by atoms with E-state index in [0.717, 1.165) is 26.2 Å². The molecule has 36 heavy (non-hydrogen) atoms. The highest BCUT2D eigenvalue weighted by molar-refractivity contribution is 5.28. The second-order valence-corrected chi connectivity index (χ2v) is 8.13. The van der Waals surface area contributed by atoms with Gasteiger partial charge in [-0.1, -0.05) is 0 Å². The number of methoxy groups -OCH3 is 4. The zero-order valence-electron chi connectivity index (χ0n) is 21.4. The second kappa shape index (κ2) is 14.4. The standard InChI is InChI=1S/2C10H17N4O3.2ClH/c2*1-14(4-6-17-7-5-14)8-11-9(15-2)13-10(12-8)16-3;;/h2*4-7H2,1-3H3;2*1H/q2*+1;;/p-2. The number of hydrogen-bond acceptors (Lipinski definition) is 12. The van der Waals surface area contributed by atoms with Gasteiger partial charge in [0, 0.05) is 0 Å². The van der Waals surface area contributed by atoms with E-state index < -0.39 is 0 Å². The first kappa shape index (κ1) is 31.7. The largest absolute Gasteiger partial charge is 1.00 e. The lowest BCUT2D eigenvalue weighted by molar-refractivity contribution is -0.00100. The van der Waals surface area contributed by atoms with Crippen molar-refractivity contribution in [3.8, 4) is 24.0 Å². The van der Waals surface area contributed by atoms with Crippen molar-refractivity contribution in [2.45, 2.75) is 0 Å². The minimum absolute atomic E-state index is 0. The fourth-order valence-electron chi connectivity index (χ4n) is 3.40. The summed E-state index contributed by atoms with van der Waals surface area (Å²) in [5, 5.41) is 0. The summed E-state index contributed by atoms with van der Waals surface area (Å²) in [6.45, 7) is 6.12. The van der Waals surface area contributed by atoms with Crippen molar-refractivity contribution >= 4 is 11.9 Å². The summed E-state index contributed by atoms with van der Waals surface area (Å²) in [7, 11) is 10.2. The van der Waals surface area contributed by atoms with E-state index in [-0.39, 0.29) is 48.9 Å². The number of nitrogens with zero attached hydrogens (tertiary/aromatic N) is 8. The number of hydrogen-bond donors (Lipinski definition) is 0. The fraction of sp³-hybridized carbons (Fsp3) is 0.700. The monoisotopic (exact) mass is 552 g/mol. The van der Waals surface area contributed by atoms with Crippen LogP contribution in [0.1, 0.15) is 0 Å². The molecular weight excluding hydrogens is 519 g/mol. The SMILES string of the molecule is COc1nc(OC)nc([N+]2(C)CCOCC2)n1.COc1nc(OC)nc([N+]2(C)CCOCC2)n1.[Cl-].[Cl-]. The third kappa shape index (κ3) is 7.82. The lowest BCUT2D eigenvalue weighted by Gasteiger charge is -2.34. The minimum atomic E-state index is 0. The molecule has 2 aliphatic rings. The number of rotatable bonds is 6. The molecular formula is C20H34Cl2N8O6. The molecule has 14 nitrogen and oxygen atoms in total. The zero-order valence-corrected chi connectivity index (χ0v) is 23.0. The van der Waals surface area contributed by atoms with Crippen LogP contribution in [0.3, 0.4) is 0 Å². The van der Waals surface area contributed by atoms with Gasteiger partial charge in [0.2, 0.25) is 0 Å². The van der Waals surface area contributed by atoms with Crippen molar-refractivity contribution in [2.75, 3.05) is 95.1 Å². The summed E-state index contributed by atoms with van der Waals surface area (Å²) < 4.78 is 32.1. The fourth-order valence-corrected chi connectivity index (χ4v) is 3.40. The van der Waals surface area contributed by atoms with E-state index in [1.165, 1.54) is 28.4 Å². The Bertz CT molecular complexity index is 828. The predicted molar refractivity (Wildman–Crippen MR) is 122 cm³/mol. The van der Waals surface area contributed by atoms with Gasteiger partial charge in [0.1, 0.15) is 26.2 Å². The smallest absolute Gasteiger partial charge is 0.338 e. The Morgan fingerprint density at radius 1 is 0.500 bits per heavy atom. The van der Waals surface area contributed by atoms with Crippen LogP contribution in [-0.4, -0.2) is 125 Å². The van der Waals surface area contributed by atoms with Crippen molar-refractivity contribution in [3.63, 3.8) is 0 Å². The topological polar surface area (TPSA) is 133 Å². The molecule has 0 aliphatic carbocycles. The van der Waals surface area contributed by atoms with Crippen molar-refractivity contribution in [3.05, 3.63) is 0 Å². The summed E-state index contributed by atoms with van der Waals surface area (Å²) in [5.41, 5.74) is 0. The molecule has 0 radical (unpaired) electrons. The molecule has 16 heteroatoms. The van der Waals surface area contributed by atoms with Crippen molar-refractivity contribution in [1.82, 2.24) is 38.9 Å². The van der Waals surface area contributed by atoms with Crippen LogP contribution in [0.25, 0.3) is 0 Å². The summed E-state index contributed by atoms with van der Waals surface area (Å²) in [6.07, 6.45) is 0. The minimum Gasteiger partial charge on any atom is -1.00 e. The Morgan fingerprint density at radius 3 is 0.972 bits per heavy atom. The average Bonchev–Trinajstić information content (AvgIpc) is 2.89. The van der Waals surface area contributed by atoms with E-state index in [0.29, 0.717) is 47.3 Å². The highest BCUT2D eigenvalue weighted by Gasteiger charge is 2.34. The summed E-state index contributed by atoms with van der Waals surface area (Å²) in [6, 6.07) is 1.10. The van der Waals surface area contributed by atoms with Crippen LogP contribution in [0.15, 0.2) is 0 Å². The number of quaternary nitrogens is 2. The van der Waals surface area contributed by atoms with E-state index in [1.807, 2.05) is 0 Å². The van der Waals surface area contributed by atoms with Crippen LogP contribution in [0.2, 0.25) is 0 Å². The van der Waals surface area contributed by atoms with Crippen LogP contribution >= 0.6 is 0 Å². The van der Waals surface area contributed by atoms with E-state index in [1.54, 1.807) is 0 Å². The maximum atomic E-state index is 5.35. The van der Waals surface area contributed by atoms with E-state index in [9.17, 15) is 0 Å². The van der Waals surface area contributed by atoms with E-state index in [4.69, 9.17) is 28.4 Å². The Morgan fingerprint density at radius 2 is 0.750 bits per heavy atom. The van der Waals surface area contributed by atoms with Gasteiger partial charge < -0.3 is 53.2 Å². The van der Waals surface area contributed by atoms with Gasteiger partial charge in [-0.3, -0.25) is 8.97 Å². The molecule has 4 heterocycles. The van der Waals surface area contributed by atoms with Crippen LogP contribution in [0, 0.1) is 0 Å². The first-order chi connectivity index (χ1) is 16.4. The molecule has 4 rings (SSSR count). The molecule has 0 amide bonds. The summed E-state index contributed by atoms with van der Waals surface area (Å²) in [5.74, 6) is 1.30. The van der Waals surface area contributed by atoms with Crippen molar-refractivity contribution < 1.29 is 53.2 Å². The average molecular weight is 553 g/mol. The lowest BCUT2D eigenvalue weighted by Crippen LogP contribution is -3.00. The highest BCUT2D eigenvalue weighted by Crippen LogP contribution is 2.23. The predicted octanol–water partition coefficient (Wildman–Crippen LogP) is -6.28. The van der Waals surface area contributed by atoms with Gasteiger partial charge in [-0.2, -0.15) is 0 Å². The molecule has 2 aliphatic heterocycles. The van der Waals surface area contributed by atoms with Gasteiger partial charge in [0.05, 0.1) is 69.0 Å². The number of ether oxygens (including phenoxy) is 6. The molecule has 0 atom stereocenters. The third-order valence-corrected chi connectivity index (χ3v) is 5.78. The molecule has 0 unspecified atom stereocenters. The molecule has 2 aromatic rings. The second-order valence-electron chi connectivity index (χ2n) is 8.13. The van der Waals surface area contributed by atoms with Gasteiger partial charge in [-0.05, 0) is 0 Å². The molecule has 0 bridgehead atoms. The highest BCUT2D eigenvalue weighted by atomic mass is 35.5. The maximum Gasteiger partial charge on any atom is 0.338 e. The summed E-state index contributed by atoms with van der Waals surface area (Å²) in [4.78, 5) is 25.1. The Labute approximate surface area is 223 Å². The Hall–Kier alpha value is -2.36. The number of likely N-dealkylation sites (N-methyl/N-ethyl adjacent to an activating group) is 2. The number of morpholine rings is 2. The Kier molecular flexibility index (Phi) is 12.7. The normalized spacial score (nSPS) is 17.7. The maximum absolute atomic E-state index is 5.35. The van der Waals surface area contributed by atoms with Crippen LogP contribution in [0.4, 0.5) is 11.9 Å². The summed E-state index contributed by atoms with van der Waals surface area (Å²) >= 11 is 0.